The van der Waals surface area contributed by atoms with Crippen molar-refractivity contribution >= 4 is 5.87 Å². The number of allylic oxidation sites excluding steroid dienone is 1. The molecule has 2 unspecified atom stereocenters. The molecule has 0 spiro atoms. The van der Waals surface area contributed by atoms with E-state index < -0.39 is 0 Å². The van der Waals surface area contributed by atoms with Gasteiger partial charge in [-0.15, -0.1) is 0 Å². The summed E-state index contributed by atoms with van der Waals surface area (Å²) in [6, 6.07) is 0. The Hall–Kier alpha value is -0.550. The average molecular weight is 222 g/mol. The van der Waals surface area contributed by atoms with E-state index in [4.69, 9.17) is 0 Å². The summed E-state index contributed by atoms with van der Waals surface area (Å²) in [4.78, 5) is 0. The highest BCUT2D eigenvalue weighted by Crippen LogP contribution is 2.40. The van der Waals surface area contributed by atoms with E-state index in [0.717, 1.165) is 12.3 Å². The molecule has 1 aliphatic heterocycles. The van der Waals surface area contributed by atoms with Crippen molar-refractivity contribution in [3.63, 3.8) is 0 Å². The van der Waals surface area contributed by atoms with Crippen molar-refractivity contribution in [2.45, 2.75) is 71.8 Å². The lowest BCUT2D eigenvalue weighted by atomic mass is 9.87. The predicted molar refractivity (Wildman–Crippen MR) is 71.3 cm³/mol. The molecule has 0 saturated carbocycles. The second-order valence-electron chi connectivity index (χ2n) is 5.20. The molecule has 16 heavy (non-hydrogen) atoms. The minimum atomic E-state index is 0.468. The van der Waals surface area contributed by atoms with Gasteiger partial charge in [0.05, 0.1) is 0 Å². The first-order chi connectivity index (χ1) is 7.71. The highest BCUT2D eigenvalue weighted by molar-refractivity contribution is 5.47. The van der Waals surface area contributed by atoms with Gasteiger partial charge in [0.25, 0.3) is 0 Å². The first-order valence-electron chi connectivity index (χ1n) is 7.06. The van der Waals surface area contributed by atoms with Crippen LogP contribution in [0.4, 0.5) is 0 Å². The normalized spacial score (nSPS) is 25.1. The van der Waals surface area contributed by atoms with E-state index in [9.17, 15) is 0 Å². The minimum absolute atomic E-state index is 0.468. The molecular weight excluding hydrogens is 194 g/mol. The summed E-state index contributed by atoms with van der Waals surface area (Å²) in [5, 5.41) is 0. The molecule has 1 heteroatoms. The molecule has 0 amide bonds. The predicted octanol–water partition coefficient (Wildman–Crippen LogP) is 4.01. The highest BCUT2D eigenvalue weighted by atomic mass is 15.3. The third-order valence-corrected chi connectivity index (χ3v) is 4.06. The number of hydrogen-bond acceptors (Lipinski definition) is 0. The summed E-state index contributed by atoms with van der Waals surface area (Å²) in [6.07, 6.45) is 10.0. The van der Waals surface area contributed by atoms with Gasteiger partial charge < -0.3 is 0 Å². The molecule has 1 heterocycles. The molecule has 0 radical (unpaired) electrons. The molecule has 1 rings (SSSR count). The van der Waals surface area contributed by atoms with Gasteiger partial charge in [-0.05, 0) is 19.3 Å². The van der Waals surface area contributed by atoms with Crippen LogP contribution in [-0.4, -0.2) is 22.5 Å². The molecule has 1 saturated heterocycles. The number of unbranched alkanes of at least 4 members (excludes halogenated alkanes) is 2. The molecule has 2 atom stereocenters. The Bertz CT molecular complexity index is 273. The lowest BCUT2D eigenvalue weighted by Gasteiger charge is -2.12. The molecule has 92 valence electrons. The Kier molecular flexibility index (Phi) is 5.28. The SMILES string of the molecule is CCC=C=[N+]1CC1(CCCCC)C(C)CC. The van der Waals surface area contributed by atoms with Gasteiger partial charge in [0.1, 0.15) is 0 Å². The van der Waals surface area contributed by atoms with Gasteiger partial charge in [-0.2, -0.15) is 4.58 Å². The highest BCUT2D eigenvalue weighted by Gasteiger charge is 2.62. The third-order valence-electron chi connectivity index (χ3n) is 4.06. The maximum atomic E-state index is 3.45. The van der Waals surface area contributed by atoms with Crippen LogP contribution in [0.15, 0.2) is 6.08 Å². The summed E-state index contributed by atoms with van der Waals surface area (Å²) >= 11 is 0. The van der Waals surface area contributed by atoms with Gasteiger partial charge in [-0.3, -0.25) is 0 Å². The van der Waals surface area contributed by atoms with Gasteiger partial charge in [0.2, 0.25) is 12.1 Å². The summed E-state index contributed by atoms with van der Waals surface area (Å²) in [7, 11) is 0. The lowest BCUT2D eigenvalue weighted by Crippen LogP contribution is -2.24. The number of rotatable bonds is 7. The monoisotopic (exact) mass is 222 g/mol. The first-order valence-corrected chi connectivity index (χ1v) is 7.06. The average Bonchev–Trinajstić information content (AvgIpc) is 3.01. The van der Waals surface area contributed by atoms with Crippen LogP contribution in [0.5, 0.6) is 0 Å². The molecule has 1 aliphatic rings. The molecule has 0 aliphatic carbocycles. The van der Waals surface area contributed by atoms with Crippen molar-refractivity contribution in [3.8, 4) is 0 Å². The van der Waals surface area contributed by atoms with Gasteiger partial charge in [-0.25, -0.2) is 0 Å². The number of hydrogen-bond donors (Lipinski definition) is 0. The van der Waals surface area contributed by atoms with E-state index in [1.54, 1.807) is 0 Å². The second-order valence-corrected chi connectivity index (χ2v) is 5.20. The van der Waals surface area contributed by atoms with Crippen molar-refractivity contribution in [3.05, 3.63) is 6.08 Å². The Labute approximate surface area is 101 Å². The summed E-state index contributed by atoms with van der Waals surface area (Å²) in [6.45, 7) is 10.4. The second kappa shape index (κ2) is 6.25. The molecule has 0 bridgehead atoms. The van der Waals surface area contributed by atoms with Crippen molar-refractivity contribution in [1.29, 1.82) is 0 Å². The largest absolute Gasteiger partial charge is 0.232 e. The van der Waals surface area contributed by atoms with Crippen LogP contribution in [0.1, 0.15) is 66.2 Å². The quantitative estimate of drug-likeness (QED) is 0.348. The van der Waals surface area contributed by atoms with E-state index in [-0.39, 0.29) is 0 Å². The van der Waals surface area contributed by atoms with Crippen LogP contribution in [-0.2, 0) is 0 Å². The van der Waals surface area contributed by atoms with Crippen molar-refractivity contribution in [2.75, 3.05) is 6.54 Å². The molecule has 1 fully saturated rings. The Balaban J connectivity index is 2.63. The van der Waals surface area contributed by atoms with Crippen LogP contribution < -0.4 is 0 Å². The molecule has 1 nitrogen and oxygen atoms in total. The van der Waals surface area contributed by atoms with E-state index in [1.165, 1.54) is 38.6 Å². The minimum Gasteiger partial charge on any atom is -0.169 e. The lowest BCUT2D eigenvalue weighted by molar-refractivity contribution is -0.393. The van der Waals surface area contributed by atoms with Crippen molar-refractivity contribution < 1.29 is 4.58 Å². The maximum Gasteiger partial charge on any atom is 0.232 e. The van der Waals surface area contributed by atoms with Crippen LogP contribution >= 0.6 is 0 Å². The Morgan fingerprint density at radius 1 is 1.31 bits per heavy atom. The fraction of sp³-hybridized carbons (Fsp3) is 0.867. The zero-order chi connectivity index (χ0) is 12.0. The van der Waals surface area contributed by atoms with Crippen LogP contribution in [0.2, 0.25) is 0 Å². The van der Waals surface area contributed by atoms with Gasteiger partial charge in [0.15, 0.2) is 5.87 Å². The van der Waals surface area contributed by atoms with E-state index in [2.05, 4.69) is 44.2 Å². The first kappa shape index (κ1) is 13.5. The standard InChI is InChI=1S/C15H28N/c1-5-8-10-11-15(14(4)7-3)13-16(15)12-9-6-2/h9,14H,5-8,10-11,13H2,1-4H3/q+1. The molecule has 0 aromatic carbocycles. The van der Waals surface area contributed by atoms with Gasteiger partial charge in [0, 0.05) is 18.4 Å². The fourth-order valence-corrected chi connectivity index (χ4v) is 2.56. The van der Waals surface area contributed by atoms with E-state index >= 15 is 0 Å². The molecule has 0 aromatic heterocycles. The van der Waals surface area contributed by atoms with E-state index in [1.807, 2.05) is 0 Å². The third kappa shape index (κ3) is 2.98. The van der Waals surface area contributed by atoms with E-state index in [0.29, 0.717) is 5.54 Å². The Morgan fingerprint density at radius 3 is 2.62 bits per heavy atom. The summed E-state index contributed by atoms with van der Waals surface area (Å²) in [5.74, 6) is 4.26. The zero-order valence-electron chi connectivity index (χ0n) is 11.6. The van der Waals surface area contributed by atoms with Crippen LogP contribution in [0.25, 0.3) is 0 Å². The summed E-state index contributed by atoms with van der Waals surface area (Å²) < 4.78 is 2.44. The Morgan fingerprint density at radius 2 is 2.06 bits per heavy atom. The van der Waals surface area contributed by atoms with Gasteiger partial charge in [-0.1, -0.05) is 40.5 Å². The van der Waals surface area contributed by atoms with Gasteiger partial charge >= 0.3 is 0 Å². The van der Waals surface area contributed by atoms with Crippen molar-refractivity contribution in [1.82, 2.24) is 0 Å². The fourth-order valence-electron chi connectivity index (χ4n) is 2.56. The topological polar surface area (TPSA) is 3.01 Å². The number of nitrogens with zero attached hydrogens (tertiary/aromatic N) is 1. The smallest absolute Gasteiger partial charge is 0.169 e. The molecule has 0 N–H and O–H groups in total. The molecule has 0 aromatic rings. The van der Waals surface area contributed by atoms with Crippen LogP contribution in [0, 0.1) is 5.92 Å². The summed E-state index contributed by atoms with van der Waals surface area (Å²) in [5.41, 5.74) is 0.468. The zero-order valence-corrected chi connectivity index (χ0v) is 11.6. The molecular formula is C15H28N+. The van der Waals surface area contributed by atoms with Crippen LogP contribution in [0.3, 0.4) is 0 Å². The van der Waals surface area contributed by atoms with Crippen molar-refractivity contribution in [2.24, 2.45) is 5.92 Å². The maximum absolute atomic E-state index is 3.45.